The molecule has 1 amide bonds. The lowest BCUT2D eigenvalue weighted by atomic mass is 10.1. The number of aryl methyl sites for hydroxylation is 2. The maximum Gasteiger partial charge on any atom is 0.261 e. The van der Waals surface area contributed by atoms with Crippen molar-refractivity contribution in [2.45, 2.75) is 20.4 Å². The van der Waals surface area contributed by atoms with Crippen LogP contribution in [-0.2, 0) is 6.54 Å². The van der Waals surface area contributed by atoms with Crippen molar-refractivity contribution < 1.29 is 4.79 Å². The van der Waals surface area contributed by atoms with E-state index in [1.54, 1.807) is 16.4 Å². The molecule has 6 nitrogen and oxygen atoms in total. The molecule has 2 heterocycles. The van der Waals surface area contributed by atoms with Gasteiger partial charge in [0.1, 0.15) is 11.2 Å². The number of anilines is 1. The van der Waals surface area contributed by atoms with Crippen LogP contribution in [0.15, 0.2) is 60.2 Å². The van der Waals surface area contributed by atoms with E-state index >= 15 is 0 Å². The van der Waals surface area contributed by atoms with Gasteiger partial charge in [0.05, 0.1) is 12.1 Å². The van der Waals surface area contributed by atoms with E-state index in [1.165, 1.54) is 16.9 Å². The minimum Gasteiger partial charge on any atom is -0.296 e. The summed E-state index contributed by atoms with van der Waals surface area (Å²) >= 11 is 1.28. The first-order valence-electron chi connectivity index (χ1n) is 8.86. The number of carbonyl (C=O) groups excluding carboxylic acids is 1. The molecular weight excluding hydrogens is 370 g/mol. The standard InChI is InChI=1S/C21H19N5OS/c1-14-3-7-16(8-4-14)11-26-12-18(20(27)23-21-24-22-13-28-21)19(25-26)17-9-5-15(2)6-10-17/h3-10,12-13H,11H2,1-2H3,(H,23,24,27). The monoisotopic (exact) mass is 389 g/mol. The van der Waals surface area contributed by atoms with E-state index in [2.05, 4.69) is 46.7 Å². The third-order valence-corrected chi connectivity index (χ3v) is 4.98. The highest BCUT2D eigenvalue weighted by Gasteiger charge is 2.19. The number of carbonyl (C=O) groups is 1. The molecule has 140 valence electrons. The molecule has 7 heteroatoms. The number of hydrogen-bond acceptors (Lipinski definition) is 5. The van der Waals surface area contributed by atoms with Crippen LogP contribution in [0.4, 0.5) is 5.13 Å². The van der Waals surface area contributed by atoms with Gasteiger partial charge in [-0.25, -0.2) is 0 Å². The van der Waals surface area contributed by atoms with Gasteiger partial charge in [-0.05, 0) is 19.4 Å². The summed E-state index contributed by atoms with van der Waals surface area (Å²) in [5.41, 5.74) is 7.12. The van der Waals surface area contributed by atoms with E-state index in [9.17, 15) is 4.79 Å². The molecule has 0 aliphatic heterocycles. The lowest BCUT2D eigenvalue weighted by Gasteiger charge is -2.03. The van der Waals surface area contributed by atoms with Gasteiger partial charge in [0.2, 0.25) is 5.13 Å². The molecule has 2 aromatic carbocycles. The van der Waals surface area contributed by atoms with Crippen LogP contribution in [0.2, 0.25) is 0 Å². The van der Waals surface area contributed by atoms with Crippen LogP contribution in [-0.4, -0.2) is 25.9 Å². The van der Waals surface area contributed by atoms with Gasteiger partial charge in [-0.1, -0.05) is 71.0 Å². The van der Waals surface area contributed by atoms with Gasteiger partial charge in [-0.15, -0.1) is 10.2 Å². The summed E-state index contributed by atoms with van der Waals surface area (Å²) in [6.07, 6.45) is 1.78. The Hall–Kier alpha value is -3.32. The SMILES string of the molecule is Cc1ccc(Cn2cc(C(=O)Nc3nncs3)c(-c3ccc(C)cc3)n2)cc1. The number of nitrogens with one attached hydrogen (secondary N) is 1. The summed E-state index contributed by atoms with van der Waals surface area (Å²) in [7, 11) is 0. The lowest BCUT2D eigenvalue weighted by molar-refractivity contribution is 0.102. The van der Waals surface area contributed by atoms with E-state index in [0.717, 1.165) is 16.7 Å². The van der Waals surface area contributed by atoms with Crippen LogP contribution < -0.4 is 5.32 Å². The smallest absolute Gasteiger partial charge is 0.261 e. The number of benzene rings is 2. The van der Waals surface area contributed by atoms with Crippen molar-refractivity contribution in [2.24, 2.45) is 0 Å². The first kappa shape index (κ1) is 18.1. The van der Waals surface area contributed by atoms with Crippen LogP contribution in [0.5, 0.6) is 0 Å². The van der Waals surface area contributed by atoms with E-state index in [4.69, 9.17) is 5.10 Å². The second-order valence-corrected chi connectivity index (χ2v) is 7.47. The highest BCUT2D eigenvalue weighted by Crippen LogP contribution is 2.24. The van der Waals surface area contributed by atoms with E-state index < -0.39 is 0 Å². The zero-order valence-electron chi connectivity index (χ0n) is 15.6. The minimum absolute atomic E-state index is 0.248. The summed E-state index contributed by atoms with van der Waals surface area (Å²) < 4.78 is 1.80. The first-order valence-corrected chi connectivity index (χ1v) is 9.74. The molecule has 0 fully saturated rings. The van der Waals surface area contributed by atoms with Gasteiger partial charge in [-0.3, -0.25) is 14.8 Å². The molecule has 0 unspecified atom stereocenters. The van der Waals surface area contributed by atoms with Crippen molar-refractivity contribution in [3.05, 3.63) is 82.5 Å². The predicted octanol–water partition coefficient (Wildman–Crippen LogP) is 4.32. The molecule has 4 aromatic rings. The summed E-state index contributed by atoms with van der Waals surface area (Å²) in [5.74, 6) is -0.248. The van der Waals surface area contributed by atoms with Gasteiger partial charge in [0.25, 0.3) is 5.91 Å². The third-order valence-electron chi connectivity index (χ3n) is 4.38. The molecule has 0 saturated heterocycles. The van der Waals surface area contributed by atoms with Crippen molar-refractivity contribution in [2.75, 3.05) is 5.32 Å². The first-order chi connectivity index (χ1) is 13.6. The van der Waals surface area contributed by atoms with Crippen molar-refractivity contribution >= 4 is 22.4 Å². The van der Waals surface area contributed by atoms with Crippen molar-refractivity contribution in [1.29, 1.82) is 0 Å². The highest BCUT2D eigenvalue weighted by atomic mass is 32.1. The number of nitrogens with zero attached hydrogens (tertiary/aromatic N) is 4. The Morgan fingerprint density at radius 2 is 1.71 bits per heavy atom. The minimum atomic E-state index is -0.248. The van der Waals surface area contributed by atoms with Crippen LogP contribution in [0, 0.1) is 13.8 Å². The summed E-state index contributed by atoms with van der Waals surface area (Å²) in [6.45, 7) is 4.68. The maximum absolute atomic E-state index is 12.9. The molecule has 0 saturated carbocycles. The lowest BCUT2D eigenvalue weighted by Crippen LogP contribution is -2.12. The number of hydrogen-bond donors (Lipinski definition) is 1. The van der Waals surface area contributed by atoms with Gasteiger partial charge in [0.15, 0.2) is 0 Å². The topological polar surface area (TPSA) is 72.7 Å². The Labute approximate surface area is 166 Å². The fourth-order valence-electron chi connectivity index (χ4n) is 2.87. The normalized spacial score (nSPS) is 10.8. The van der Waals surface area contributed by atoms with Crippen LogP contribution >= 0.6 is 11.3 Å². The summed E-state index contributed by atoms with van der Waals surface area (Å²) in [5, 5.41) is 15.6. The Bertz CT molecular complexity index is 1080. The average molecular weight is 389 g/mol. The average Bonchev–Trinajstić information content (AvgIpc) is 3.34. The summed E-state index contributed by atoms with van der Waals surface area (Å²) in [6, 6.07) is 16.3. The van der Waals surface area contributed by atoms with Gasteiger partial charge in [0, 0.05) is 11.8 Å². The quantitative estimate of drug-likeness (QED) is 0.552. The molecule has 1 N–H and O–H groups in total. The Morgan fingerprint density at radius 3 is 2.36 bits per heavy atom. The molecule has 4 rings (SSSR count). The van der Waals surface area contributed by atoms with Crippen LogP contribution in [0.1, 0.15) is 27.0 Å². The second-order valence-electron chi connectivity index (χ2n) is 6.64. The Morgan fingerprint density at radius 1 is 1.04 bits per heavy atom. The number of amides is 1. The van der Waals surface area contributed by atoms with Gasteiger partial charge < -0.3 is 0 Å². The molecule has 28 heavy (non-hydrogen) atoms. The van der Waals surface area contributed by atoms with Crippen molar-refractivity contribution in [3.8, 4) is 11.3 Å². The zero-order valence-corrected chi connectivity index (χ0v) is 16.4. The fourth-order valence-corrected chi connectivity index (χ4v) is 3.31. The molecular formula is C21H19N5OS. The molecule has 0 aliphatic rings. The van der Waals surface area contributed by atoms with Crippen molar-refractivity contribution in [3.63, 3.8) is 0 Å². The molecule has 0 bridgehead atoms. The second kappa shape index (κ2) is 7.74. The van der Waals surface area contributed by atoms with Gasteiger partial charge >= 0.3 is 0 Å². The molecule has 2 aromatic heterocycles. The highest BCUT2D eigenvalue weighted by molar-refractivity contribution is 7.13. The third kappa shape index (κ3) is 3.99. The van der Waals surface area contributed by atoms with E-state index in [0.29, 0.717) is 22.9 Å². The molecule has 0 spiro atoms. The van der Waals surface area contributed by atoms with Crippen molar-refractivity contribution in [1.82, 2.24) is 20.0 Å². The number of rotatable bonds is 5. The molecule has 0 aliphatic carbocycles. The molecule has 0 atom stereocenters. The fraction of sp³-hybridized carbons (Fsp3) is 0.143. The maximum atomic E-state index is 12.9. The van der Waals surface area contributed by atoms with E-state index in [1.807, 2.05) is 31.2 Å². The zero-order chi connectivity index (χ0) is 19.5. The predicted molar refractivity (Wildman–Crippen MR) is 111 cm³/mol. The van der Waals surface area contributed by atoms with E-state index in [-0.39, 0.29) is 5.91 Å². The Balaban J connectivity index is 1.69. The molecule has 0 radical (unpaired) electrons. The Kier molecular flexibility index (Phi) is 4.99. The largest absolute Gasteiger partial charge is 0.296 e. The van der Waals surface area contributed by atoms with Gasteiger partial charge in [-0.2, -0.15) is 5.10 Å². The van der Waals surface area contributed by atoms with Crippen LogP contribution in [0.3, 0.4) is 0 Å². The summed E-state index contributed by atoms with van der Waals surface area (Å²) in [4.78, 5) is 12.9. The van der Waals surface area contributed by atoms with Crippen LogP contribution in [0.25, 0.3) is 11.3 Å². The number of aromatic nitrogens is 4.